The Morgan fingerprint density at radius 1 is 1.42 bits per heavy atom. The van der Waals surface area contributed by atoms with Crippen LogP contribution in [0.15, 0.2) is 0 Å². The van der Waals surface area contributed by atoms with Gasteiger partial charge in [0.15, 0.2) is 6.04 Å². The number of rotatable bonds is 3. The Balaban J connectivity index is 2.19. The van der Waals surface area contributed by atoms with Crippen LogP contribution in [0.3, 0.4) is 0 Å². The Morgan fingerprint density at radius 2 is 2.05 bits per heavy atom. The average Bonchev–Trinajstić information content (AvgIpc) is 2.74. The molecule has 2 rings (SSSR count). The van der Waals surface area contributed by atoms with Gasteiger partial charge < -0.3 is 20.0 Å². The molecular formula is C12H18N2O5. The van der Waals surface area contributed by atoms with Gasteiger partial charge in [-0.05, 0) is 19.8 Å². The molecule has 0 radical (unpaired) electrons. The fourth-order valence-corrected chi connectivity index (χ4v) is 3.15. The number of carboxylic acid groups (broad SMARTS) is 1. The largest absolute Gasteiger partial charge is 0.480 e. The molecule has 19 heavy (non-hydrogen) atoms. The maximum Gasteiger partial charge on any atom is 0.329 e. The van der Waals surface area contributed by atoms with Crippen LogP contribution < -0.4 is 0 Å². The van der Waals surface area contributed by atoms with Crippen molar-refractivity contribution >= 4 is 17.8 Å². The summed E-state index contributed by atoms with van der Waals surface area (Å²) < 4.78 is 0. The van der Waals surface area contributed by atoms with E-state index in [1.54, 1.807) is 0 Å². The number of likely N-dealkylation sites (tertiary alicyclic amines) is 2. The Morgan fingerprint density at radius 3 is 2.47 bits per heavy atom. The minimum absolute atomic E-state index is 0.172. The summed E-state index contributed by atoms with van der Waals surface area (Å²) in [5.74, 6) is -1.77. The molecule has 7 heteroatoms. The summed E-state index contributed by atoms with van der Waals surface area (Å²) in [4.78, 5) is 37.6. The zero-order chi connectivity index (χ0) is 14.4. The van der Waals surface area contributed by atoms with Crippen LogP contribution in [0.25, 0.3) is 0 Å². The number of amides is 2. The molecule has 2 N–H and O–H groups in total. The third kappa shape index (κ3) is 1.88. The van der Waals surface area contributed by atoms with Gasteiger partial charge in [-0.3, -0.25) is 9.59 Å². The van der Waals surface area contributed by atoms with Crippen molar-refractivity contribution in [2.24, 2.45) is 0 Å². The van der Waals surface area contributed by atoms with E-state index in [1.807, 2.05) is 0 Å². The third-order valence-electron chi connectivity index (χ3n) is 4.01. The summed E-state index contributed by atoms with van der Waals surface area (Å²) >= 11 is 0. The summed E-state index contributed by atoms with van der Waals surface area (Å²) in [5.41, 5.74) is -0.867. The number of carbonyl (C=O) groups excluding carboxylic acids is 2. The Kier molecular flexibility index (Phi) is 3.25. The minimum atomic E-state index is -1.24. The van der Waals surface area contributed by atoms with Gasteiger partial charge in [-0.1, -0.05) is 0 Å². The van der Waals surface area contributed by atoms with Crippen LogP contribution in [0.2, 0.25) is 0 Å². The number of carbonyl (C=O) groups is 3. The van der Waals surface area contributed by atoms with Crippen molar-refractivity contribution in [1.82, 2.24) is 9.80 Å². The van der Waals surface area contributed by atoms with E-state index in [-0.39, 0.29) is 18.4 Å². The lowest BCUT2D eigenvalue weighted by Crippen LogP contribution is -2.76. The standard InChI is InChI=1S/C12H18N2O5/c1-7(15)9(10(17)18)13-6-12(11(13)19)4-3-5-14(12)8(2)16/h7,9,15H,3-6H2,1-2H3,(H,17,18). The molecule has 0 aromatic heterocycles. The van der Waals surface area contributed by atoms with Gasteiger partial charge >= 0.3 is 5.97 Å². The van der Waals surface area contributed by atoms with Gasteiger partial charge in [-0.2, -0.15) is 0 Å². The maximum atomic E-state index is 12.3. The van der Waals surface area contributed by atoms with Crippen molar-refractivity contribution < 1.29 is 24.6 Å². The number of aliphatic carboxylic acids is 1. The fourth-order valence-electron chi connectivity index (χ4n) is 3.15. The van der Waals surface area contributed by atoms with Gasteiger partial charge in [0.25, 0.3) is 5.91 Å². The molecule has 106 valence electrons. The van der Waals surface area contributed by atoms with Crippen molar-refractivity contribution in [3.8, 4) is 0 Å². The highest BCUT2D eigenvalue weighted by Gasteiger charge is 2.61. The van der Waals surface area contributed by atoms with E-state index in [1.165, 1.54) is 18.7 Å². The van der Waals surface area contributed by atoms with Crippen LogP contribution in [-0.4, -0.2) is 68.6 Å². The predicted molar refractivity (Wildman–Crippen MR) is 64.2 cm³/mol. The lowest BCUT2D eigenvalue weighted by atomic mass is 9.83. The van der Waals surface area contributed by atoms with E-state index in [0.717, 1.165) is 11.3 Å². The summed E-state index contributed by atoms with van der Waals surface area (Å²) in [7, 11) is 0. The maximum absolute atomic E-state index is 12.3. The summed E-state index contributed by atoms with van der Waals surface area (Å²) in [6.45, 7) is 3.47. The number of aliphatic hydroxyl groups excluding tert-OH is 1. The molecule has 0 aromatic carbocycles. The molecular weight excluding hydrogens is 252 g/mol. The molecule has 2 saturated heterocycles. The summed E-state index contributed by atoms with van der Waals surface area (Å²) in [5, 5.41) is 18.6. The van der Waals surface area contributed by atoms with Crippen LogP contribution in [-0.2, 0) is 14.4 Å². The smallest absolute Gasteiger partial charge is 0.329 e. The summed E-state index contributed by atoms with van der Waals surface area (Å²) in [6.07, 6.45) is 0.158. The monoisotopic (exact) mass is 270 g/mol. The second-order valence-electron chi connectivity index (χ2n) is 5.26. The van der Waals surface area contributed by atoms with Crippen LogP contribution >= 0.6 is 0 Å². The number of hydrogen-bond donors (Lipinski definition) is 2. The zero-order valence-electron chi connectivity index (χ0n) is 11.0. The van der Waals surface area contributed by atoms with Gasteiger partial charge in [0.1, 0.15) is 5.54 Å². The highest BCUT2D eigenvalue weighted by molar-refractivity contribution is 5.99. The quantitative estimate of drug-likeness (QED) is 0.644. The predicted octanol–water partition coefficient (Wildman–Crippen LogP) is -0.956. The van der Waals surface area contributed by atoms with Crippen LogP contribution in [0, 0.1) is 0 Å². The zero-order valence-corrected chi connectivity index (χ0v) is 11.0. The second kappa shape index (κ2) is 4.48. The van der Waals surface area contributed by atoms with Gasteiger partial charge in [0.05, 0.1) is 12.6 Å². The third-order valence-corrected chi connectivity index (χ3v) is 4.01. The molecule has 0 bridgehead atoms. The number of nitrogens with zero attached hydrogens (tertiary/aromatic N) is 2. The van der Waals surface area contributed by atoms with Crippen LogP contribution in [0.4, 0.5) is 0 Å². The lowest BCUT2D eigenvalue weighted by Gasteiger charge is -2.53. The number of hydrogen-bond acceptors (Lipinski definition) is 4. The van der Waals surface area contributed by atoms with E-state index >= 15 is 0 Å². The Labute approximate surface area is 110 Å². The molecule has 1 spiro atoms. The van der Waals surface area contributed by atoms with Gasteiger partial charge in [-0.25, -0.2) is 4.79 Å². The normalized spacial score (nSPS) is 29.3. The van der Waals surface area contributed by atoms with Gasteiger partial charge in [0.2, 0.25) is 5.91 Å². The van der Waals surface area contributed by atoms with Crippen molar-refractivity contribution in [3.63, 3.8) is 0 Å². The molecule has 2 heterocycles. The molecule has 2 aliphatic rings. The topological polar surface area (TPSA) is 98.2 Å². The number of aliphatic hydroxyl groups is 1. The molecule has 0 aromatic rings. The molecule has 7 nitrogen and oxygen atoms in total. The van der Waals surface area contributed by atoms with E-state index in [4.69, 9.17) is 5.11 Å². The molecule has 0 saturated carbocycles. The van der Waals surface area contributed by atoms with Gasteiger partial charge in [-0.15, -0.1) is 0 Å². The van der Waals surface area contributed by atoms with E-state index < -0.39 is 23.7 Å². The van der Waals surface area contributed by atoms with Crippen LogP contribution in [0.1, 0.15) is 26.7 Å². The number of β-lactam (4-membered cyclic amide) rings is 1. The first kappa shape index (κ1) is 13.8. The van der Waals surface area contributed by atoms with Crippen molar-refractivity contribution in [1.29, 1.82) is 0 Å². The first-order chi connectivity index (χ1) is 8.81. The molecule has 0 aliphatic carbocycles. The minimum Gasteiger partial charge on any atom is -0.480 e. The molecule has 2 aliphatic heterocycles. The molecule has 2 fully saturated rings. The first-order valence-electron chi connectivity index (χ1n) is 6.31. The van der Waals surface area contributed by atoms with Gasteiger partial charge in [0, 0.05) is 13.5 Å². The van der Waals surface area contributed by atoms with Crippen molar-refractivity contribution in [3.05, 3.63) is 0 Å². The van der Waals surface area contributed by atoms with Crippen molar-refractivity contribution in [2.75, 3.05) is 13.1 Å². The van der Waals surface area contributed by atoms with E-state index in [2.05, 4.69) is 0 Å². The second-order valence-corrected chi connectivity index (χ2v) is 5.26. The summed E-state index contributed by atoms with van der Waals surface area (Å²) in [6, 6.07) is -1.24. The van der Waals surface area contributed by atoms with E-state index in [9.17, 15) is 19.5 Å². The van der Waals surface area contributed by atoms with E-state index in [0.29, 0.717) is 13.0 Å². The van der Waals surface area contributed by atoms with Crippen molar-refractivity contribution in [2.45, 2.75) is 44.4 Å². The number of carboxylic acids is 1. The molecule has 3 atom stereocenters. The lowest BCUT2D eigenvalue weighted by molar-refractivity contribution is -0.179. The molecule has 3 unspecified atom stereocenters. The SMILES string of the molecule is CC(=O)N1CCCC12CN(C(C(=O)O)C(C)O)C2=O. The highest BCUT2D eigenvalue weighted by atomic mass is 16.4. The van der Waals surface area contributed by atoms with Crippen LogP contribution in [0.5, 0.6) is 0 Å². The first-order valence-corrected chi connectivity index (χ1v) is 6.31. The highest BCUT2D eigenvalue weighted by Crippen LogP contribution is 2.40. The Hall–Kier alpha value is -1.63. The Bertz CT molecular complexity index is 436. The fraction of sp³-hybridized carbons (Fsp3) is 0.750. The average molecular weight is 270 g/mol. The molecule has 2 amide bonds.